The number of benzene rings is 9. The highest BCUT2D eigenvalue weighted by molar-refractivity contribution is 7.26. The molecule has 3 aromatic heterocycles. The van der Waals surface area contributed by atoms with Crippen molar-refractivity contribution in [2.24, 2.45) is 0 Å². The lowest BCUT2D eigenvalue weighted by atomic mass is 10.00. The fourth-order valence-corrected chi connectivity index (χ4v) is 10.1. The van der Waals surface area contributed by atoms with Crippen molar-refractivity contribution < 1.29 is 0 Å². The van der Waals surface area contributed by atoms with Crippen molar-refractivity contribution in [1.29, 1.82) is 0 Å². The summed E-state index contributed by atoms with van der Waals surface area (Å²) < 4.78 is 5.01. The van der Waals surface area contributed by atoms with Gasteiger partial charge in [0, 0.05) is 53.2 Å². The monoisotopic (exact) mass is 782 g/mol. The van der Waals surface area contributed by atoms with Crippen LogP contribution in [0.5, 0.6) is 0 Å². The fourth-order valence-electron chi connectivity index (χ4n) is 8.84. The van der Waals surface area contributed by atoms with Crippen LogP contribution in [0.15, 0.2) is 206 Å². The maximum atomic E-state index is 5.24. The summed E-state index contributed by atoms with van der Waals surface area (Å²) in [7, 11) is 0. The van der Waals surface area contributed by atoms with Crippen molar-refractivity contribution in [3.63, 3.8) is 0 Å². The highest BCUT2D eigenvalue weighted by atomic mass is 32.1. The average Bonchev–Trinajstić information content (AvgIpc) is 3.88. The van der Waals surface area contributed by atoms with E-state index in [1.807, 2.05) is 29.5 Å². The van der Waals surface area contributed by atoms with E-state index in [4.69, 9.17) is 15.0 Å². The van der Waals surface area contributed by atoms with Gasteiger partial charge in [0.1, 0.15) is 0 Å². The minimum Gasteiger partial charge on any atom is -0.309 e. The molecule has 0 unspecified atom stereocenters. The topological polar surface area (TPSA) is 43.6 Å². The Morgan fingerprint density at radius 3 is 1.70 bits per heavy atom. The van der Waals surface area contributed by atoms with E-state index >= 15 is 0 Å². The van der Waals surface area contributed by atoms with Crippen molar-refractivity contribution in [3.8, 4) is 62.1 Å². The Morgan fingerprint density at radius 2 is 0.917 bits per heavy atom. The second-order valence-corrected chi connectivity index (χ2v) is 16.2. The molecule has 0 bridgehead atoms. The number of aromatic nitrogens is 4. The van der Waals surface area contributed by atoms with Gasteiger partial charge in [-0.3, -0.25) is 0 Å². The zero-order valence-electron chi connectivity index (χ0n) is 32.3. The van der Waals surface area contributed by atoms with E-state index in [0.717, 1.165) is 50.1 Å². The number of hydrogen-bond donors (Lipinski definition) is 0. The predicted octanol–water partition coefficient (Wildman–Crippen LogP) is 14.8. The number of fused-ring (bicyclic) bond motifs is 8. The minimum atomic E-state index is 0.616. The Labute approximate surface area is 350 Å². The van der Waals surface area contributed by atoms with E-state index in [2.05, 4.69) is 193 Å². The van der Waals surface area contributed by atoms with E-state index in [0.29, 0.717) is 17.5 Å². The zero-order chi connectivity index (χ0) is 39.6. The van der Waals surface area contributed by atoms with E-state index in [1.165, 1.54) is 47.3 Å². The standard InChI is InChI=1S/C55H34N4S/c1-3-14-35(15-4-1)41-32-30-40(34-49(41)59-47-24-11-9-21-46(47)51-42-19-8-7-16-36(42)31-33-48(51)59)55-57-53(38-17-5-2-6-18-38)56-54(58-55)39-28-26-37(27-29-39)43-22-13-23-45-44-20-10-12-25-50(44)60-52(43)45/h1-34H. The number of para-hydroxylation sites is 1. The highest BCUT2D eigenvalue weighted by Crippen LogP contribution is 2.42. The molecule has 4 nitrogen and oxygen atoms in total. The van der Waals surface area contributed by atoms with Gasteiger partial charge in [-0.2, -0.15) is 0 Å². The molecular formula is C55H34N4S. The Balaban J connectivity index is 1.05. The minimum absolute atomic E-state index is 0.616. The molecule has 0 N–H and O–H groups in total. The second-order valence-electron chi connectivity index (χ2n) is 15.2. The van der Waals surface area contributed by atoms with Crippen molar-refractivity contribution >= 4 is 64.1 Å². The van der Waals surface area contributed by atoms with Gasteiger partial charge < -0.3 is 4.57 Å². The summed E-state index contributed by atoms with van der Waals surface area (Å²) in [4.78, 5) is 15.5. The molecule has 0 atom stereocenters. The molecule has 0 radical (unpaired) electrons. The Bertz CT molecular complexity index is 3590. The molecule has 0 amide bonds. The van der Waals surface area contributed by atoms with E-state index in [1.54, 1.807) is 0 Å². The lowest BCUT2D eigenvalue weighted by molar-refractivity contribution is 1.07. The molecule has 0 aliphatic heterocycles. The normalized spacial score (nSPS) is 11.7. The molecule has 0 spiro atoms. The molecule has 60 heavy (non-hydrogen) atoms. The van der Waals surface area contributed by atoms with Crippen LogP contribution in [-0.2, 0) is 0 Å². The summed E-state index contributed by atoms with van der Waals surface area (Å²) in [6, 6.07) is 73.3. The van der Waals surface area contributed by atoms with Gasteiger partial charge in [0.2, 0.25) is 0 Å². The van der Waals surface area contributed by atoms with E-state index < -0.39 is 0 Å². The molecule has 12 rings (SSSR count). The molecule has 3 heterocycles. The van der Waals surface area contributed by atoms with Gasteiger partial charge in [-0.1, -0.05) is 182 Å². The third-order valence-corrected chi connectivity index (χ3v) is 12.9. The SMILES string of the molecule is c1ccc(-c2nc(-c3ccc(-c4cccc5c4sc4ccccc45)cc3)nc(-c3ccc(-c4ccccc4)c(-n4c5ccccc5c5c6ccccc6ccc54)c3)n2)cc1. The molecule has 9 aromatic carbocycles. The molecular weight excluding hydrogens is 749 g/mol. The number of nitrogens with zero attached hydrogens (tertiary/aromatic N) is 4. The van der Waals surface area contributed by atoms with E-state index in [9.17, 15) is 0 Å². The van der Waals surface area contributed by atoms with Gasteiger partial charge in [0.25, 0.3) is 0 Å². The summed E-state index contributed by atoms with van der Waals surface area (Å²) in [6.45, 7) is 0. The first-order valence-electron chi connectivity index (χ1n) is 20.2. The van der Waals surface area contributed by atoms with E-state index in [-0.39, 0.29) is 0 Å². The van der Waals surface area contributed by atoms with Gasteiger partial charge >= 0.3 is 0 Å². The molecule has 0 saturated carbocycles. The van der Waals surface area contributed by atoms with Crippen LogP contribution < -0.4 is 0 Å². The third kappa shape index (κ3) is 5.63. The summed E-state index contributed by atoms with van der Waals surface area (Å²) >= 11 is 1.85. The molecule has 0 aliphatic carbocycles. The molecule has 12 aromatic rings. The van der Waals surface area contributed by atoms with Gasteiger partial charge in [-0.25, -0.2) is 15.0 Å². The summed E-state index contributed by atoms with van der Waals surface area (Å²) in [5.41, 5.74) is 10.8. The van der Waals surface area contributed by atoms with Gasteiger partial charge in [-0.15, -0.1) is 11.3 Å². The Kier molecular flexibility index (Phi) is 8.00. The first kappa shape index (κ1) is 34.3. The van der Waals surface area contributed by atoms with Crippen LogP contribution in [0, 0.1) is 0 Å². The first-order valence-corrected chi connectivity index (χ1v) is 21.0. The van der Waals surface area contributed by atoms with Crippen LogP contribution in [0.25, 0.3) is 115 Å². The first-order chi connectivity index (χ1) is 29.7. The van der Waals surface area contributed by atoms with Crippen molar-refractivity contribution in [2.45, 2.75) is 0 Å². The largest absolute Gasteiger partial charge is 0.309 e. The molecule has 5 heteroatoms. The molecule has 0 aliphatic rings. The third-order valence-electron chi connectivity index (χ3n) is 11.7. The summed E-state index contributed by atoms with van der Waals surface area (Å²) in [5.74, 6) is 1.87. The number of rotatable bonds is 6. The van der Waals surface area contributed by atoms with Crippen LogP contribution in [-0.4, -0.2) is 19.5 Å². The lowest BCUT2D eigenvalue weighted by Crippen LogP contribution is -2.02. The van der Waals surface area contributed by atoms with Crippen LogP contribution >= 0.6 is 11.3 Å². The summed E-state index contributed by atoms with van der Waals surface area (Å²) in [6.07, 6.45) is 0. The van der Waals surface area contributed by atoms with Crippen molar-refractivity contribution in [2.75, 3.05) is 0 Å². The second kappa shape index (κ2) is 14.0. The smallest absolute Gasteiger partial charge is 0.164 e. The van der Waals surface area contributed by atoms with Crippen LogP contribution in [0.4, 0.5) is 0 Å². The molecule has 280 valence electrons. The maximum Gasteiger partial charge on any atom is 0.164 e. The molecule has 0 saturated heterocycles. The van der Waals surface area contributed by atoms with Gasteiger partial charge in [0.05, 0.1) is 16.7 Å². The van der Waals surface area contributed by atoms with Crippen molar-refractivity contribution in [1.82, 2.24) is 19.5 Å². The zero-order valence-corrected chi connectivity index (χ0v) is 33.1. The van der Waals surface area contributed by atoms with Gasteiger partial charge in [0.15, 0.2) is 17.5 Å². The highest BCUT2D eigenvalue weighted by Gasteiger charge is 2.20. The Morgan fingerprint density at radius 1 is 0.350 bits per heavy atom. The molecule has 0 fully saturated rings. The Hall–Kier alpha value is -7.73. The number of hydrogen-bond acceptors (Lipinski definition) is 4. The summed E-state index contributed by atoms with van der Waals surface area (Å²) in [5, 5.41) is 7.51. The maximum absolute atomic E-state index is 5.24. The average molecular weight is 783 g/mol. The van der Waals surface area contributed by atoms with Crippen LogP contribution in [0.3, 0.4) is 0 Å². The van der Waals surface area contributed by atoms with Crippen molar-refractivity contribution in [3.05, 3.63) is 206 Å². The van der Waals surface area contributed by atoms with Gasteiger partial charge in [-0.05, 0) is 51.7 Å². The lowest BCUT2D eigenvalue weighted by Gasteiger charge is -2.16. The predicted molar refractivity (Wildman–Crippen MR) is 252 cm³/mol. The fraction of sp³-hybridized carbons (Fsp3) is 0. The van der Waals surface area contributed by atoms with Crippen LogP contribution in [0.2, 0.25) is 0 Å². The number of thiophene rings is 1. The van der Waals surface area contributed by atoms with Crippen LogP contribution in [0.1, 0.15) is 0 Å². The quantitative estimate of drug-likeness (QED) is 0.169.